The van der Waals surface area contributed by atoms with Crippen LogP contribution in [0, 0.1) is 12.7 Å². The molecule has 1 saturated heterocycles. The molecular weight excluding hydrogens is 421 g/mol. The van der Waals surface area contributed by atoms with E-state index in [4.69, 9.17) is 4.74 Å². The zero-order valence-corrected chi connectivity index (χ0v) is 18.1. The number of nitrogens with one attached hydrogen (secondary N) is 1. The van der Waals surface area contributed by atoms with Gasteiger partial charge in [0.25, 0.3) is 0 Å². The molecule has 164 valence electrons. The highest BCUT2D eigenvalue weighted by Crippen LogP contribution is 2.25. The van der Waals surface area contributed by atoms with E-state index in [-0.39, 0.29) is 25.4 Å². The number of hydrogen-bond donors (Lipinski definition) is 1. The summed E-state index contributed by atoms with van der Waals surface area (Å²) in [5.41, 5.74) is 2.19. The zero-order valence-electron chi connectivity index (χ0n) is 17.3. The average Bonchev–Trinajstić information content (AvgIpc) is 3.06. The normalized spacial score (nSPS) is 17.6. The fraction of sp³-hybridized carbons (Fsp3) is 0.333. The Kier molecular flexibility index (Phi) is 6.03. The number of aryl methyl sites for hydroxylation is 2. The lowest BCUT2D eigenvalue weighted by Gasteiger charge is -2.32. The summed E-state index contributed by atoms with van der Waals surface area (Å²) in [7, 11) is -1.71. The zero-order chi connectivity index (χ0) is 22.0. The number of pyridine rings is 1. The highest BCUT2D eigenvalue weighted by molar-refractivity contribution is 7.88. The summed E-state index contributed by atoms with van der Waals surface area (Å²) >= 11 is 0. The summed E-state index contributed by atoms with van der Waals surface area (Å²) in [6.07, 6.45) is -0.482. The highest BCUT2D eigenvalue weighted by Gasteiger charge is 2.31. The van der Waals surface area contributed by atoms with Gasteiger partial charge < -0.3 is 10.1 Å². The van der Waals surface area contributed by atoms with E-state index in [0.717, 1.165) is 5.69 Å². The standard InChI is InChI=1S/C21H24FN5O3S/c1-15-12-21(25-26(15)2)24-20-5-3-4-18(23-20)19-13-27(10-11-30-19)31(28,29)14-16-6-8-17(22)9-7-16/h3-9,12,19H,10-11,13-14H2,1-2H3,(H,23,24,25)/t19-/m1/s1. The molecule has 0 amide bonds. The van der Waals surface area contributed by atoms with Crippen molar-refractivity contribution in [2.75, 3.05) is 25.0 Å². The van der Waals surface area contributed by atoms with Crippen LogP contribution in [0.5, 0.6) is 0 Å². The van der Waals surface area contributed by atoms with Gasteiger partial charge in [-0.25, -0.2) is 17.8 Å². The molecule has 0 saturated carbocycles. The maximum absolute atomic E-state index is 13.1. The van der Waals surface area contributed by atoms with Crippen molar-refractivity contribution in [3.63, 3.8) is 0 Å². The quantitative estimate of drug-likeness (QED) is 0.628. The van der Waals surface area contributed by atoms with Crippen LogP contribution in [0.1, 0.15) is 23.1 Å². The van der Waals surface area contributed by atoms with Crippen molar-refractivity contribution >= 4 is 21.7 Å². The molecule has 3 aromatic rings. The minimum atomic E-state index is -3.58. The third kappa shape index (κ3) is 5.09. The molecule has 2 aromatic heterocycles. The van der Waals surface area contributed by atoms with Gasteiger partial charge in [-0.1, -0.05) is 18.2 Å². The highest BCUT2D eigenvalue weighted by atomic mass is 32.2. The van der Waals surface area contributed by atoms with Gasteiger partial charge in [-0.2, -0.15) is 9.40 Å². The van der Waals surface area contributed by atoms with Gasteiger partial charge >= 0.3 is 0 Å². The van der Waals surface area contributed by atoms with E-state index in [0.29, 0.717) is 22.9 Å². The van der Waals surface area contributed by atoms with E-state index < -0.39 is 21.9 Å². The van der Waals surface area contributed by atoms with Gasteiger partial charge in [-0.3, -0.25) is 4.68 Å². The first-order valence-corrected chi connectivity index (χ1v) is 11.5. The van der Waals surface area contributed by atoms with Crippen molar-refractivity contribution in [1.29, 1.82) is 0 Å². The second-order valence-electron chi connectivity index (χ2n) is 7.47. The van der Waals surface area contributed by atoms with Gasteiger partial charge in [0, 0.05) is 31.9 Å². The lowest BCUT2D eigenvalue weighted by molar-refractivity contribution is -0.00490. The van der Waals surface area contributed by atoms with Crippen molar-refractivity contribution in [1.82, 2.24) is 19.1 Å². The van der Waals surface area contributed by atoms with Crippen LogP contribution in [-0.2, 0) is 27.6 Å². The van der Waals surface area contributed by atoms with Crippen molar-refractivity contribution in [3.05, 3.63) is 71.3 Å². The molecule has 3 heterocycles. The minimum Gasteiger partial charge on any atom is -0.369 e. The van der Waals surface area contributed by atoms with Crippen LogP contribution in [0.25, 0.3) is 0 Å². The number of morpholine rings is 1. The number of sulfonamides is 1. The van der Waals surface area contributed by atoms with E-state index in [2.05, 4.69) is 15.4 Å². The molecule has 0 bridgehead atoms. The summed E-state index contributed by atoms with van der Waals surface area (Å²) in [6, 6.07) is 12.9. The van der Waals surface area contributed by atoms with E-state index in [1.807, 2.05) is 38.2 Å². The Morgan fingerprint density at radius 1 is 1.19 bits per heavy atom. The monoisotopic (exact) mass is 445 g/mol. The first-order valence-electron chi connectivity index (χ1n) is 9.89. The van der Waals surface area contributed by atoms with E-state index in [1.54, 1.807) is 4.68 Å². The van der Waals surface area contributed by atoms with Gasteiger partial charge in [-0.15, -0.1) is 0 Å². The van der Waals surface area contributed by atoms with Gasteiger partial charge in [0.2, 0.25) is 10.0 Å². The molecule has 4 rings (SSSR count). The van der Waals surface area contributed by atoms with Crippen LogP contribution in [-0.4, -0.2) is 47.2 Å². The minimum absolute atomic E-state index is 0.169. The Labute approximate surface area is 180 Å². The van der Waals surface area contributed by atoms with E-state index in [1.165, 1.54) is 28.6 Å². The van der Waals surface area contributed by atoms with Crippen molar-refractivity contribution in [2.24, 2.45) is 7.05 Å². The molecule has 1 aliphatic rings. The van der Waals surface area contributed by atoms with Crippen molar-refractivity contribution < 1.29 is 17.5 Å². The van der Waals surface area contributed by atoms with Crippen LogP contribution < -0.4 is 5.32 Å². The molecule has 10 heteroatoms. The number of ether oxygens (including phenoxy) is 1. The van der Waals surface area contributed by atoms with E-state index in [9.17, 15) is 12.8 Å². The second kappa shape index (κ2) is 8.74. The maximum Gasteiger partial charge on any atom is 0.218 e. The number of nitrogens with zero attached hydrogens (tertiary/aromatic N) is 4. The number of hydrogen-bond acceptors (Lipinski definition) is 6. The van der Waals surface area contributed by atoms with Gasteiger partial charge in [-0.05, 0) is 36.8 Å². The Balaban J connectivity index is 1.47. The van der Waals surface area contributed by atoms with Gasteiger partial charge in [0.15, 0.2) is 5.82 Å². The number of rotatable bonds is 6. The molecule has 1 atom stereocenters. The lowest BCUT2D eigenvalue weighted by Crippen LogP contribution is -2.42. The second-order valence-corrected chi connectivity index (χ2v) is 9.44. The fourth-order valence-electron chi connectivity index (χ4n) is 3.39. The van der Waals surface area contributed by atoms with Crippen LogP contribution in [0.2, 0.25) is 0 Å². The topological polar surface area (TPSA) is 89.3 Å². The Hall–Kier alpha value is -2.82. The molecule has 0 unspecified atom stereocenters. The largest absolute Gasteiger partial charge is 0.369 e. The summed E-state index contributed by atoms with van der Waals surface area (Å²) in [5.74, 6) is 0.699. The predicted molar refractivity (Wildman–Crippen MR) is 115 cm³/mol. The van der Waals surface area contributed by atoms with Crippen molar-refractivity contribution in [3.8, 4) is 0 Å². The third-order valence-electron chi connectivity index (χ3n) is 5.16. The molecule has 1 aromatic carbocycles. The summed E-state index contributed by atoms with van der Waals surface area (Å²) in [6.45, 7) is 2.67. The lowest BCUT2D eigenvalue weighted by atomic mass is 10.2. The smallest absolute Gasteiger partial charge is 0.218 e. The van der Waals surface area contributed by atoms with Crippen molar-refractivity contribution in [2.45, 2.75) is 18.8 Å². The molecule has 31 heavy (non-hydrogen) atoms. The molecule has 1 aliphatic heterocycles. The van der Waals surface area contributed by atoms with Crippen LogP contribution in [0.15, 0.2) is 48.5 Å². The summed E-state index contributed by atoms with van der Waals surface area (Å²) in [4.78, 5) is 4.59. The van der Waals surface area contributed by atoms with Crippen LogP contribution in [0.4, 0.5) is 16.0 Å². The Bertz CT molecular complexity index is 1140. The van der Waals surface area contributed by atoms with Gasteiger partial charge in [0.05, 0.1) is 18.1 Å². The first-order chi connectivity index (χ1) is 14.8. The molecule has 1 N–H and O–H groups in total. The average molecular weight is 446 g/mol. The fourth-order valence-corrected chi connectivity index (χ4v) is 4.90. The third-order valence-corrected chi connectivity index (χ3v) is 6.97. The summed E-state index contributed by atoms with van der Waals surface area (Å²) < 4.78 is 47.9. The number of halogens is 1. The summed E-state index contributed by atoms with van der Waals surface area (Å²) in [5, 5.41) is 7.52. The molecule has 8 nitrogen and oxygen atoms in total. The van der Waals surface area contributed by atoms with Gasteiger partial charge in [0.1, 0.15) is 17.7 Å². The number of aromatic nitrogens is 3. The molecule has 0 aliphatic carbocycles. The number of benzene rings is 1. The predicted octanol–water partition coefficient (Wildman–Crippen LogP) is 2.91. The first kappa shape index (κ1) is 21.4. The Morgan fingerprint density at radius 2 is 1.97 bits per heavy atom. The molecule has 0 spiro atoms. The van der Waals surface area contributed by atoms with Crippen LogP contribution >= 0.6 is 0 Å². The maximum atomic E-state index is 13.1. The molecule has 1 fully saturated rings. The van der Waals surface area contributed by atoms with E-state index >= 15 is 0 Å². The SMILES string of the molecule is Cc1cc(Nc2cccc([C@H]3CN(S(=O)(=O)Cc4ccc(F)cc4)CCO3)n2)nn1C. The molecular formula is C21H24FN5O3S. The van der Waals surface area contributed by atoms with Crippen LogP contribution in [0.3, 0.4) is 0 Å². The molecule has 0 radical (unpaired) electrons. The Morgan fingerprint density at radius 3 is 2.68 bits per heavy atom. The number of anilines is 2.